The molecule has 0 atom stereocenters. The summed E-state index contributed by atoms with van der Waals surface area (Å²) in [7, 11) is 0. The van der Waals surface area contributed by atoms with Crippen LogP contribution < -0.4 is 28.4 Å². The van der Waals surface area contributed by atoms with E-state index >= 15 is 0 Å². The van der Waals surface area contributed by atoms with Gasteiger partial charge in [-0.25, -0.2) is 0 Å². The van der Waals surface area contributed by atoms with Gasteiger partial charge in [-0.05, 0) is 118 Å². The van der Waals surface area contributed by atoms with Crippen molar-refractivity contribution < 1.29 is 46.0 Å². The summed E-state index contributed by atoms with van der Waals surface area (Å²) in [6.07, 6.45) is 12.0. The molecule has 0 aliphatic heterocycles. The van der Waals surface area contributed by atoms with Gasteiger partial charge < -0.3 is 28.4 Å². The smallest absolute Gasteiger partial charge is 0.204 e. The molecule has 0 aliphatic carbocycles. The summed E-state index contributed by atoms with van der Waals surface area (Å²) < 4.78 is 89.3. The Labute approximate surface area is 330 Å². The molecule has 10 heteroatoms. The highest BCUT2D eigenvalue weighted by molar-refractivity contribution is 5.36. The number of rotatable bonds is 28. The highest BCUT2D eigenvalue weighted by Crippen LogP contribution is 2.29. The summed E-state index contributed by atoms with van der Waals surface area (Å²) in [5.41, 5.74) is 2.26. The molecular formula is C46H58F4O6. The zero-order valence-corrected chi connectivity index (χ0v) is 33.2. The van der Waals surface area contributed by atoms with Crippen molar-refractivity contribution in [1.29, 1.82) is 0 Å². The third kappa shape index (κ3) is 15.1. The molecule has 4 aromatic rings. The minimum atomic E-state index is -1.02. The number of ether oxygens (including phenoxy) is 6. The lowest BCUT2D eigenvalue weighted by molar-refractivity contribution is 0.278. The third-order valence-corrected chi connectivity index (χ3v) is 9.42. The first-order chi connectivity index (χ1) is 27.3. The van der Waals surface area contributed by atoms with Gasteiger partial charge in [-0.3, -0.25) is 0 Å². The zero-order valence-electron chi connectivity index (χ0n) is 33.2. The Morgan fingerprint density at radius 3 is 1.09 bits per heavy atom. The van der Waals surface area contributed by atoms with Crippen LogP contribution in [0.2, 0.25) is 0 Å². The molecule has 306 valence electrons. The van der Waals surface area contributed by atoms with Crippen molar-refractivity contribution in [3.05, 3.63) is 107 Å². The predicted molar refractivity (Wildman–Crippen MR) is 213 cm³/mol. The van der Waals surface area contributed by atoms with Crippen molar-refractivity contribution in [2.75, 3.05) is 39.6 Å². The van der Waals surface area contributed by atoms with Crippen LogP contribution in [-0.4, -0.2) is 39.6 Å². The van der Waals surface area contributed by atoms with Crippen molar-refractivity contribution in [3.8, 4) is 34.5 Å². The van der Waals surface area contributed by atoms with Crippen molar-refractivity contribution in [3.63, 3.8) is 0 Å². The molecule has 0 unspecified atom stereocenters. The van der Waals surface area contributed by atoms with Crippen LogP contribution in [0.3, 0.4) is 0 Å². The van der Waals surface area contributed by atoms with Crippen molar-refractivity contribution >= 4 is 0 Å². The maximum Gasteiger partial charge on any atom is 0.204 e. The zero-order chi connectivity index (χ0) is 40.0. The van der Waals surface area contributed by atoms with Gasteiger partial charge in [-0.15, -0.1) is 0 Å². The number of aryl methyl sites for hydroxylation is 2. The topological polar surface area (TPSA) is 55.4 Å². The molecule has 0 saturated heterocycles. The Hall–Kier alpha value is -4.60. The fourth-order valence-electron chi connectivity index (χ4n) is 6.27. The lowest BCUT2D eigenvalue weighted by Crippen LogP contribution is -2.04. The van der Waals surface area contributed by atoms with E-state index < -0.39 is 23.3 Å². The van der Waals surface area contributed by atoms with E-state index in [1.165, 1.54) is 49.9 Å². The Morgan fingerprint density at radius 2 is 0.732 bits per heavy atom. The highest BCUT2D eigenvalue weighted by atomic mass is 19.2. The predicted octanol–water partition coefficient (Wildman–Crippen LogP) is 12.3. The van der Waals surface area contributed by atoms with Crippen LogP contribution in [0, 0.1) is 29.2 Å². The number of hydrogen-bond donors (Lipinski definition) is 0. The summed E-state index contributed by atoms with van der Waals surface area (Å²) in [5, 5.41) is 0. The molecule has 0 bridgehead atoms. The lowest BCUT2D eigenvalue weighted by Gasteiger charge is -2.12. The number of benzene rings is 4. The lowest BCUT2D eigenvalue weighted by atomic mass is 9.97. The average molecular weight is 783 g/mol. The largest absolute Gasteiger partial charge is 0.494 e. The number of hydrogen-bond acceptors (Lipinski definition) is 6. The maximum atomic E-state index is 14.2. The van der Waals surface area contributed by atoms with Gasteiger partial charge in [-0.2, -0.15) is 17.6 Å². The Kier molecular flexibility index (Phi) is 19.6. The summed E-state index contributed by atoms with van der Waals surface area (Å²) in [4.78, 5) is 0. The normalized spacial score (nSPS) is 11.1. The summed E-state index contributed by atoms with van der Waals surface area (Å²) in [6.45, 7) is 8.23. The van der Waals surface area contributed by atoms with E-state index in [1.54, 1.807) is 13.8 Å². The van der Waals surface area contributed by atoms with Crippen molar-refractivity contribution in [2.24, 2.45) is 5.92 Å². The third-order valence-electron chi connectivity index (χ3n) is 9.42. The monoisotopic (exact) mass is 782 g/mol. The molecule has 0 fully saturated rings. The van der Waals surface area contributed by atoms with Gasteiger partial charge in [0, 0.05) is 0 Å². The van der Waals surface area contributed by atoms with E-state index in [9.17, 15) is 17.6 Å². The summed E-state index contributed by atoms with van der Waals surface area (Å²) in [5.74, 6) is -2.13. The first-order valence-corrected chi connectivity index (χ1v) is 20.2. The molecule has 0 aliphatic rings. The summed E-state index contributed by atoms with van der Waals surface area (Å²) >= 11 is 0. The SMILES string of the molecule is CCOc1ccc(OCCCc2ccc(OCCCCCC(C)CCCCCOc3ccc(CCCOc4ccc(OCC)c(F)c4F)cc3)cc2)c(F)c1F. The van der Waals surface area contributed by atoms with E-state index in [0.29, 0.717) is 32.0 Å². The second-order valence-corrected chi connectivity index (χ2v) is 13.9. The average Bonchev–Trinajstić information content (AvgIpc) is 3.20. The van der Waals surface area contributed by atoms with Crippen LogP contribution in [-0.2, 0) is 12.8 Å². The minimum Gasteiger partial charge on any atom is -0.494 e. The molecule has 0 N–H and O–H groups in total. The van der Waals surface area contributed by atoms with Crippen LogP contribution in [0.1, 0.15) is 96.1 Å². The van der Waals surface area contributed by atoms with Crippen molar-refractivity contribution in [1.82, 2.24) is 0 Å². The second kappa shape index (κ2) is 24.8. The second-order valence-electron chi connectivity index (χ2n) is 13.9. The van der Waals surface area contributed by atoms with E-state index in [-0.39, 0.29) is 49.4 Å². The fraction of sp³-hybridized carbons (Fsp3) is 0.478. The molecule has 0 spiro atoms. The first-order valence-electron chi connectivity index (χ1n) is 20.2. The van der Waals surface area contributed by atoms with Crippen LogP contribution in [0.25, 0.3) is 0 Å². The first kappa shape index (κ1) is 44.1. The maximum absolute atomic E-state index is 14.2. The van der Waals surface area contributed by atoms with Gasteiger partial charge in [-0.1, -0.05) is 69.7 Å². The van der Waals surface area contributed by atoms with Crippen LogP contribution in [0.15, 0.2) is 72.8 Å². The van der Waals surface area contributed by atoms with Gasteiger partial charge in [0.1, 0.15) is 11.5 Å². The van der Waals surface area contributed by atoms with Gasteiger partial charge in [0.05, 0.1) is 39.6 Å². The quantitative estimate of drug-likeness (QED) is 0.0422. The Balaban J connectivity index is 0.953. The Morgan fingerprint density at radius 1 is 0.393 bits per heavy atom. The number of halogens is 4. The van der Waals surface area contributed by atoms with E-state index in [1.807, 2.05) is 48.5 Å². The molecule has 0 saturated carbocycles. The van der Waals surface area contributed by atoms with Crippen LogP contribution in [0.5, 0.6) is 34.5 Å². The van der Waals surface area contributed by atoms with E-state index in [0.717, 1.165) is 61.2 Å². The van der Waals surface area contributed by atoms with Gasteiger partial charge in [0.15, 0.2) is 23.0 Å². The summed E-state index contributed by atoms with van der Waals surface area (Å²) in [6, 6.07) is 21.6. The molecule has 0 amide bonds. The molecule has 6 nitrogen and oxygen atoms in total. The fourth-order valence-corrected chi connectivity index (χ4v) is 6.27. The van der Waals surface area contributed by atoms with Gasteiger partial charge in [0.2, 0.25) is 23.3 Å². The van der Waals surface area contributed by atoms with E-state index in [2.05, 4.69) is 6.92 Å². The number of unbranched alkanes of at least 4 members (excludes halogenated alkanes) is 4. The highest BCUT2D eigenvalue weighted by Gasteiger charge is 2.16. The molecule has 0 aromatic heterocycles. The van der Waals surface area contributed by atoms with Gasteiger partial charge >= 0.3 is 0 Å². The molecular weight excluding hydrogens is 724 g/mol. The Bertz CT molecular complexity index is 1570. The molecule has 4 rings (SSSR count). The van der Waals surface area contributed by atoms with E-state index in [4.69, 9.17) is 28.4 Å². The van der Waals surface area contributed by atoms with Crippen LogP contribution >= 0.6 is 0 Å². The van der Waals surface area contributed by atoms with Crippen molar-refractivity contribution in [2.45, 2.75) is 97.8 Å². The molecule has 56 heavy (non-hydrogen) atoms. The molecule has 0 heterocycles. The standard InChI is InChI=1S/C46H58F4O6/c1-4-51-39-26-28-41(45(49)43(39)47)55-32-12-16-35-18-22-37(23-19-35)53-30-10-6-8-14-34(3)15-9-7-11-31-54-38-24-20-36(21-25-38)17-13-33-56-42-29-27-40(52-5-2)44(48)46(42)50/h18-29,34H,4-17,30-33H2,1-3H3. The molecule has 4 aromatic carbocycles. The van der Waals surface area contributed by atoms with Crippen LogP contribution in [0.4, 0.5) is 17.6 Å². The van der Waals surface area contributed by atoms with Gasteiger partial charge in [0.25, 0.3) is 0 Å². The molecule has 0 radical (unpaired) electrons. The minimum absolute atomic E-state index is 0.107.